The second kappa shape index (κ2) is 11.1. The molecule has 0 heterocycles. The van der Waals surface area contributed by atoms with E-state index in [-0.39, 0.29) is 24.9 Å². The minimum absolute atomic E-state index is 0. The third-order valence-electron chi connectivity index (χ3n) is 3.82. The molecule has 0 saturated heterocycles. The molecular formula is C16H26Cl2N4O2. The number of hydrogen-bond acceptors (Lipinski definition) is 3. The summed E-state index contributed by atoms with van der Waals surface area (Å²) in [6.45, 7) is 4.64. The van der Waals surface area contributed by atoms with Gasteiger partial charge in [-0.25, -0.2) is 4.79 Å². The van der Waals surface area contributed by atoms with Crippen molar-refractivity contribution in [3.63, 3.8) is 0 Å². The molecular weight excluding hydrogens is 351 g/mol. The van der Waals surface area contributed by atoms with E-state index in [9.17, 15) is 9.59 Å². The van der Waals surface area contributed by atoms with Crippen LogP contribution in [0.5, 0.6) is 0 Å². The maximum absolute atomic E-state index is 11.7. The number of hydrogen-bond donors (Lipinski definition) is 4. The molecule has 0 radical (unpaired) electrons. The van der Waals surface area contributed by atoms with Crippen LogP contribution in [0.1, 0.15) is 32.3 Å². The predicted molar refractivity (Wildman–Crippen MR) is 99.4 cm³/mol. The summed E-state index contributed by atoms with van der Waals surface area (Å²) in [5, 5.41) is 8.56. The van der Waals surface area contributed by atoms with Crippen LogP contribution < -0.4 is 21.7 Å². The van der Waals surface area contributed by atoms with Crippen molar-refractivity contribution < 1.29 is 9.59 Å². The summed E-state index contributed by atoms with van der Waals surface area (Å²) in [7, 11) is 0. The number of nitrogens with two attached hydrogens (primary N) is 1. The molecule has 3 amide bonds. The van der Waals surface area contributed by atoms with Gasteiger partial charge in [-0.2, -0.15) is 0 Å². The molecule has 24 heavy (non-hydrogen) atoms. The van der Waals surface area contributed by atoms with Crippen LogP contribution in [0.25, 0.3) is 0 Å². The minimum Gasteiger partial charge on any atom is -0.353 e. The van der Waals surface area contributed by atoms with Gasteiger partial charge in [0.2, 0.25) is 5.91 Å². The highest BCUT2D eigenvalue weighted by molar-refractivity contribution is 6.30. The van der Waals surface area contributed by atoms with Crippen molar-refractivity contribution in [3.8, 4) is 0 Å². The van der Waals surface area contributed by atoms with Crippen LogP contribution in [0.2, 0.25) is 5.02 Å². The average molecular weight is 377 g/mol. The van der Waals surface area contributed by atoms with E-state index in [0.717, 1.165) is 18.4 Å². The van der Waals surface area contributed by atoms with E-state index in [1.807, 2.05) is 26.0 Å². The number of carbonyl (C=O) groups is 2. The first kappa shape index (κ1) is 22.5. The van der Waals surface area contributed by atoms with E-state index in [2.05, 4.69) is 16.0 Å². The summed E-state index contributed by atoms with van der Waals surface area (Å²) in [6, 6.07) is 6.76. The van der Waals surface area contributed by atoms with Crippen LogP contribution in [-0.2, 0) is 11.3 Å². The highest BCUT2D eigenvalue weighted by Gasteiger charge is 2.20. The van der Waals surface area contributed by atoms with Crippen LogP contribution in [0.15, 0.2) is 24.3 Å². The van der Waals surface area contributed by atoms with Crippen molar-refractivity contribution in [1.29, 1.82) is 0 Å². The fourth-order valence-corrected chi connectivity index (χ4v) is 1.97. The van der Waals surface area contributed by atoms with Gasteiger partial charge in [0, 0.05) is 23.7 Å². The number of halogens is 2. The van der Waals surface area contributed by atoms with E-state index in [1.54, 1.807) is 12.1 Å². The Hall–Kier alpha value is -1.50. The molecule has 0 bridgehead atoms. The topological polar surface area (TPSA) is 96.2 Å². The normalized spacial score (nSPS) is 10.5. The van der Waals surface area contributed by atoms with Gasteiger partial charge in [-0.05, 0) is 30.5 Å². The minimum atomic E-state index is -0.403. The number of rotatable bonds is 8. The van der Waals surface area contributed by atoms with E-state index >= 15 is 0 Å². The molecule has 6 nitrogen and oxygen atoms in total. The van der Waals surface area contributed by atoms with Gasteiger partial charge >= 0.3 is 6.03 Å². The van der Waals surface area contributed by atoms with Crippen molar-refractivity contribution in [2.75, 3.05) is 13.1 Å². The van der Waals surface area contributed by atoms with Gasteiger partial charge in [0.25, 0.3) is 0 Å². The van der Waals surface area contributed by atoms with Crippen LogP contribution in [0, 0.1) is 0 Å². The first-order valence-electron chi connectivity index (χ1n) is 7.70. The lowest BCUT2D eigenvalue weighted by Gasteiger charge is -2.26. The van der Waals surface area contributed by atoms with Gasteiger partial charge in [0.1, 0.15) is 0 Å². The third-order valence-corrected chi connectivity index (χ3v) is 4.07. The summed E-state index contributed by atoms with van der Waals surface area (Å²) >= 11 is 5.79. The Morgan fingerprint density at radius 2 is 1.67 bits per heavy atom. The molecule has 8 heteroatoms. The number of carbonyl (C=O) groups excluding carboxylic acids is 2. The Balaban J connectivity index is 0.00000529. The van der Waals surface area contributed by atoms with Crippen molar-refractivity contribution in [2.45, 2.75) is 38.8 Å². The van der Waals surface area contributed by atoms with Crippen LogP contribution in [0.4, 0.5) is 4.79 Å². The fourth-order valence-electron chi connectivity index (χ4n) is 1.84. The van der Waals surface area contributed by atoms with Gasteiger partial charge < -0.3 is 21.7 Å². The molecule has 0 aliphatic carbocycles. The SMILES string of the molecule is CCC(N)(CC)CNC(=O)CNC(=O)NCc1ccc(Cl)cc1.Cl. The van der Waals surface area contributed by atoms with Crippen molar-refractivity contribution in [3.05, 3.63) is 34.9 Å². The van der Waals surface area contributed by atoms with E-state index in [0.29, 0.717) is 18.1 Å². The Morgan fingerprint density at radius 1 is 1.08 bits per heavy atom. The molecule has 136 valence electrons. The number of urea groups is 1. The largest absolute Gasteiger partial charge is 0.353 e. The molecule has 0 unspecified atom stereocenters. The quantitative estimate of drug-likeness (QED) is 0.559. The second-order valence-electron chi connectivity index (χ2n) is 5.51. The summed E-state index contributed by atoms with van der Waals surface area (Å²) in [4.78, 5) is 23.4. The molecule has 0 fully saturated rings. The van der Waals surface area contributed by atoms with Gasteiger partial charge in [0.15, 0.2) is 0 Å². The zero-order valence-electron chi connectivity index (χ0n) is 14.0. The monoisotopic (exact) mass is 376 g/mol. The first-order chi connectivity index (χ1) is 10.9. The molecule has 0 aliphatic rings. The molecule has 5 N–H and O–H groups in total. The summed E-state index contributed by atoms with van der Waals surface area (Å²) < 4.78 is 0. The lowest BCUT2D eigenvalue weighted by molar-refractivity contribution is -0.120. The van der Waals surface area contributed by atoms with E-state index in [1.165, 1.54) is 0 Å². The predicted octanol–water partition coefficient (Wildman–Crippen LogP) is 2.19. The molecule has 1 rings (SSSR count). The summed E-state index contributed by atoms with van der Waals surface area (Å²) in [5.41, 5.74) is 6.63. The van der Waals surface area contributed by atoms with Crippen LogP contribution in [0.3, 0.4) is 0 Å². The molecule has 0 atom stereocenters. The zero-order valence-corrected chi connectivity index (χ0v) is 15.6. The summed E-state index contributed by atoms with van der Waals surface area (Å²) in [6.07, 6.45) is 1.55. The average Bonchev–Trinajstić information content (AvgIpc) is 2.57. The molecule has 1 aromatic carbocycles. The van der Waals surface area contributed by atoms with Gasteiger partial charge in [-0.1, -0.05) is 37.6 Å². The molecule has 0 aromatic heterocycles. The Kier molecular flexibility index (Phi) is 10.4. The van der Waals surface area contributed by atoms with Crippen LogP contribution in [-0.4, -0.2) is 30.6 Å². The highest BCUT2D eigenvalue weighted by Crippen LogP contribution is 2.09. The number of amides is 3. The number of benzene rings is 1. The number of nitrogens with one attached hydrogen (secondary N) is 3. The zero-order chi connectivity index (χ0) is 17.3. The lowest BCUT2D eigenvalue weighted by Crippen LogP contribution is -2.51. The van der Waals surface area contributed by atoms with Gasteiger partial charge in [0.05, 0.1) is 6.54 Å². The Morgan fingerprint density at radius 3 is 2.21 bits per heavy atom. The lowest BCUT2D eigenvalue weighted by atomic mass is 9.94. The van der Waals surface area contributed by atoms with E-state index in [4.69, 9.17) is 17.3 Å². The molecule has 1 aromatic rings. The Labute approximate surface area is 154 Å². The maximum Gasteiger partial charge on any atom is 0.315 e. The smallest absolute Gasteiger partial charge is 0.315 e. The van der Waals surface area contributed by atoms with Crippen LogP contribution >= 0.6 is 24.0 Å². The highest BCUT2D eigenvalue weighted by atomic mass is 35.5. The van der Waals surface area contributed by atoms with Gasteiger partial charge in [-0.15, -0.1) is 12.4 Å². The second-order valence-corrected chi connectivity index (χ2v) is 5.95. The first-order valence-corrected chi connectivity index (χ1v) is 8.08. The molecule has 0 spiro atoms. The Bertz CT molecular complexity index is 519. The maximum atomic E-state index is 11.7. The molecule has 0 aliphatic heterocycles. The van der Waals surface area contributed by atoms with Crippen molar-refractivity contribution in [2.24, 2.45) is 5.73 Å². The van der Waals surface area contributed by atoms with Crippen molar-refractivity contribution >= 4 is 35.9 Å². The molecule has 0 saturated carbocycles. The standard InChI is InChI=1S/C16H25ClN4O2.ClH/c1-3-16(18,4-2)11-21-14(22)10-20-15(23)19-9-12-5-7-13(17)8-6-12;/h5-8H,3-4,9-11,18H2,1-2H3,(H,21,22)(H2,19,20,23);1H. The van der Waals surface area contributed by atoms with Gasteiger partial charge in [-0.3, -0.25) is 4.79 Å². The third kappa shape index (κ3) is 8.38. The summed E-state index contributed by atoms with van der Waals surface area (Å²) in [5.74, 6) is -0.261. The van der Waals surface area contributed by atoms with Crippen molar-refractivity contribution in [1.82, 2.24) is 16.0 Å². The van der Waals surface area contributed by atoms with E-state index < -0.39 is 11.6 Å². The fraction of sp³-hybridized carbons (Fsp3) is 0.500.